The molecular formula is C17H29N5O2. The zero-order valence-corrected chi connectivity index (χ0v) is 14.5. The lowest BCUT2D eigenvalue weighted by Crippen LogP contribution is -2.52. The number of hydrogen-bond acceptors (Lipinski definition) is 5. The van der Waals surface area contributed by atoms with E-state index in [2.05, 4.69) is 21.8 Å². The van der Waals surface area contributed by atoms with Crippen molar-refractivity contribution in [2.45, 2.75) is 38.0 Å². The van der Waals surface area contributed by atoms with E-state index in [4.69, 9.17) is 0 Å². The zero-order chi connectivity index (χ0) is 16.9. The number of rotatable bonds is 4. The highest BCUT2D eigenvalue weighted by molar-refractivity contribution is 5.76. The van der Waals surface area contributed by atoms with Crippen LogP contribution in [0.15, 0.2) is 18.7 Å². The number of hydrogen-bond donors (Lipinski definition) is 1. The third-order valence-corrected chi connectivity index (χ3v) is 5.34. The molecule has 0 bridgehead atoms. The minimum absolute atomic E-state index is 0.176. The minimum atomic E-state index is -0.333. The summed E-state index contributed by atoms with van der Waals surface area (Å²) in [5, 5.41) is 10.5. The molecule has 0 saturated carbocycles. The predicted octanol–water partition coefficient (Wildman–Crippen LogP) is -0.127. The van der Waals surface area contributed by atoms with E-state index in [1.165, 1.54) is 0 Å². The van der Waals surface area contributed by atoms with E-state index >= 15 is 0 Å². The lowest BCUT2D eigenvalue weighted by Gasteiger charge is -2.39. The van der Waals surface area contributed by atoms with Crippen LogP contribution < -0.4 is 0 Å². The molecule has 0 unspecified atom stereocenters. The first-order valence-electron chi connectivity index (χ1n) is 8.97. The van der Waals surface area contributed by atoms with E-state index in [-0.39, 0.29) is 18.1 Å². The van der Waals surface area contributed by atoms with Gasteiger partial charge >= 0.3 is 0 Å². The summed E-state index contributed by atoms with van der Waals surface area (Å²) in [7, 11) is 2.14. The number of aliphatic hydroxyl groups is 1. The Kier molecular flexibility index (Phi) is 5.86. The van der Waals surface area contributed by atoms with E-state index in [1.807, 2.05) is 15.7 Å². The molecule has 0 aromatic carbocycles. The van der Waals surface area contributed by atoms with Crippen molar-refractivity contribution in [3.63, 3.8) is 0 Å². The Labute approximate surface area is 143 Å². The molecule has 2 aliphatic rings. The maximum absolute atomic E-state index is 12.5. The van der Waals surface area contributed by atoms with Crippen LogP contribution >= 0.6 is 0 Å². The van der Waals surface area contributed by atoms with Crippen LogP contribution in [0.25, 0.3) is 0 Å². The van der Waals surface area contributed by atoms with Crippen molar-refractivity contribution in [1.29, 1.82) is 0 Å². The van der Waals surface area contributed by atoms with Gasteiger partial charge in [0.05, 0.1) is 12.4 Å². The summed E-state index contributed by atoms with van der Waals surface area (Å²) in [5.41, 5.74) is 0. The van der Waals surface area contributed by atoms with Crippen molar-refractivity contribution in [1.82, 2.24) is 24.3 Å². The Balaban J connectivity index is 1.50. The third-order valence-electron chi connectivity index (χ3n) is 5.34. The smallest absolute Gasteiger partial charge is 0.224 e. The number of likely N-dealkylation sites (tertiary alicyclic amines) is 1. The van der Waals surface area contributed by atoms with Crippen LogP contribution in [0.4, 0.5) is 0 Å². The number of carbonyl (C=O) groups is 1. The van der Waals surface area contributed by atoms with Crippen LogP contribution in [0.5, 0.6) is 0 Å². The van der Waals surface area contributed by atoms with Gasteiger partial charge in [-0.3, -0.25) is 9.69 Å². The number of aryl methyl sites for hydroxylation is 1. The predicted molar refractivity (Wildman–Crippen MR) is 91.5 cm³/mol. The van der Waals surface area contributed by atoms with E-state index in [9.17, 15) is 9.90 Å². The second kappa shape index (κ2) is 8.09. The van der Waals surface area contributed by atoms with E-state index < -0.39 is 0 Å². The Morgan fingerprint density at radius 3 is 2.62 bits per heavy atom. The number of carbonyl (C=O) groups excluding carboxylic acids is 1. The van der Waals surface area contributed by atoms with Crippen molar-refractivity contribution >= 4 is 5.91 Å². The normalized spacial score (nSPS) is 27.2. The zero-order valence-electron chi connectivity index (χ0n) is 14.5. The average molecular weight is 335 g/mol. The van der Waals surface area contributed by atoms with Crippen molar-refractivity contribution in [2.24, 2.45) is 0 Å². The summed E-state index contributed by atoms with van der Waals surface area (Å²) in [4.78, 5) is 23.1. The van der Waals surface area contributed by atoms with Gasteiger partial charge < -0.3 is 19.5 Å². The Morgan fingerprint density at radius 2 is 1.92 bits per heavy atom. The molecule has 134 valence electrons. The number of aromatic nitrogens is 2. The summed E-state index contributed by atoms with van der Waals surface area (Å²) in [6.07, 6.45) is 7.04. The first-order chi connectivity index (χ1) is 11.6. The third kappa shape index (κ3) is 4.34. The number of aliphatic hydroxyl groups excluding tert-OH is 1. The molecule has 1 aromatic rings. The maximum atomic E-state index is 12.5. The van der Waals surface area contributed by atoms with E-state index in [0.717, 1.165) is 39.1 Å². The molecular weight excluding hydrogens is 306 g/mol. The molecule has 2 atom stereocenters. The van der Waals surface area contributed by atoms with Crippen molar-refractivity contribution in [2.75, 3.05) is 46.3 Å². The Hall–Kier alpha value is -1.44. The largest absolute Gasteiger partial charge is 0.391 e. The van der Waals surface area contributed by atoms with Gasteiger partial charge in [0.1, 0.15) is 0 Å². The first-order valence-corrected chi connectivity index (χ1v) is 8.97. The van der Waals surface area contributed by atoms with Crippen LogP contribution in [-0.2, 0) is 11.3 Å². The molecule has 3 rings (SSSR count). The Bertz CT molecular complexity index is 513. The molecule has 1 amide bonds. The molecule has 1 N–H and O–H groups in total. The van der Waals surface area contributed by atoms with E-state index in [1.54, 1.807) is 12.5 Å². The van der Waals surface area contributed by atoms with Crippen LogP contribution in [-0.4, -0.2) is 93.7 Å². The monoisotopic (exact) mass is 335 g/mol. The van der Waals surface area contributed by atoms with Gasteiger partial charge in [0.15, 0.2) is 0 Å². The molecule has 2 fully saturated rings. The van der Waals surface area contributed by atoms with Gasteiger partial charge in [-0.25, -0.2) is 4.98 Å². The molecule has 24 heavy (non-hydrogen) atoms. The summed E-state index contributed by atoms with van der Waals surface area (Å²) < 4.78 is 1.93. The Morgan fingerprint density at radius 1 is 1.17 bits per heavy atom. The van der Waals surface area contributed by atoms with Gasteiger partial charge in [0, 0.05) is 70.7 Å². The number of nitrogens with zero attached hydrogens (tertiary/aromatic N) is 5. The topological polar surface area (TPSA) is 64.8 Å². The molecule has 2 saturated heterocycles. The number of amides is 1. The standard InChI is InChI=1S/C17H29N5O2/c1-19-10-12-21(13-11-19)15-2-7-22(8-3-16(15)23)17(24)4-6-20-9-5-18-14-20/h5,9,14-16,23H,2-4,6-8,10-13H2,1H3/t15-,16-/m0/s1. The lowest BCUT2D eigenvalue weighted by molar-refractivity contribution is -0.131. The van der Waals surface area contributed by atoms with Crippen LogP contribution in [0.2, 0.25) is 0 Å². The highest BCUT2D eigenvalue weighted by Crippen LogP contribution is 2.19. The van der Waals surface area contributed by atoms with Crippen LogP contribution in [0, 0.1) is 0 Å². The fraction of sp³-hybridized carbons (Fsp3) is 0.765. The summed E-state index contributed by atoms with van der Waals surface area (Å²) in [6, 6.07) is 0.185. The van der Waals surface area contributed by atoms with E-state index in [0.29, 0.717) is 25.9 Å². The molecule has 3 heterocycles. The van der Waals surface area contributed by atoms with Gasteiger partial charge in [-0.2, -0.15) is 0 Å². The minimum Gasteiger partial charge on any atom is -0.391 e. The van der Waals surface area contributed by atoms with Crippen LogP contribution in [0.1, 0.15) is 19.3 Å². The molecule has 2 aliphatic heterocycles. The quantitative estimate of drug-likeness (QED) is 0.831. The van der Waals surface area contributed by atoms with Crippen LogP contribution in [0.3, 0.4) is 0 Å². The van der Waals surface area contributed by atoms with Crippen molar-refractivity contribution in [3.8, 4) is 0 Å². The summed E-state index contributed by atoms with van der Waals surface area (Å²) in [5.74, 6) is 0.176. The van der Waals surface area contributed by atoms with Gasteiger partial charge in [0.2, 0.25) is 5.91 Å². The molecule has 0 spiro atoms. The highest BCUT2D eigenvalue weighted by atomic mass is 16.3. The number of piperazine rings is 1. The molecule has 7 nitrogen and oxygen atoms in total. The first kappa shape index (κ1) is 17.4. The highest BCUT2D eigenvalue weighted by Gasteiger charge is 2.32. The average Bonchev–Trinajstić information content (AvgIpc) is 3.03. The van der Waals surface area contributed by atoms with Crippen molar-refractivity contribution in [3.05, 3.63) is 18.7 Å². The summed E-state index contributed by atoms with van der Waals surface area (Å²) >= 11 is 0. The fourth-order valence-corrected chi connectivity index (χ4v) is 3.70. The van der Waals surface area contributed by atoms with Gasteiger partial charge in [-0.05, 0) is 19.9 Å². The fourth-order valence-electron chi connectivity index (χ4n) is 3.70. The molecule has 0 radical (unpaired) electrons. The molecule has 7 heteroatoms. The van der Waals surface area contributed by atoms with Gasteiger partial charge in [-0.1, -0.05) is 0 Å². The maximum Gasteiger partial charge on any atom is 0.224 e. The SMILES string of the molecule is CN1CCN([C@H]2CCN(C(=O)CCn3ccnc3)CC[C@@H]2O)CC1. The molecule has 1 aromatic heterocycles. The number of imidazole rings is 1. The van der Waals surface area contributed by atoms with Gasteiger partial charge in [-0.15, -0.1) is 0 Å². The van der Waals surface area contributed by atoms with Gasteiger partial charge in [0.25, 0.3) is 0 Å². The van der Waals surface area contributed by atoms with Crippen molar-refractivity contribution < 1.29 is 9.90 Å². The lowest BCUT2D eigenvalue weighted by atomic mass is 10.0. The number of likely N-dealkylation sites (N-methyl/N-ethyl adjacent to an activating group) is 1. The second-order valence-electron chi connectivity index (χ2n) is 6.98. The summed E-state index contributed by atoms with van der Waals surface area (Å²) in [6.45, 7) is 6.19. The molecule has 0 aliphatic carbocycles. The second-order valence-corrected chi connectivity index (χ2v) is 6.98.